The summed E-state index contributed by atoms with van der Waals surface area (Å²) in [6.45, 7) is 3.88. The highest BCUT2D eigenvalue weighted by atomic mass is 16.5. The largest absolute Gasteiger partial charge is 0.508 e. The number of hydrazone groups is 1. The number of phenolic OH excluding ortho intramolecular Hbond substituents is 1. The van der Waals surface area contributed by atoms with Gasteiger partial charge in [0.25, 0.3) is 5.91 Å². The van der Waals surface area contributed by atoms with Crippen molar-refractivity contribution in [3.63, 3.8) is 0 Å². The number of aromatic hydroxyl groups is 1. The Morgan fingerprint density at radius 3 is 2.59 bits per heavy atom. The van der Waals surface area contributed by atoms with Crippen molar-refractivity contribution >= 4 is 12.1 Å². The van der Waals surface area contributed by atoms with E-state index in [9.17, 15) is 9.90 Å². The van der Waals surface area contributed by atoms with E-state index < -0.39 is 0 Å². The normalized spacial score (nSPS) is 10.9. The molecule has 0 aromatic heterocycles. The number of ether oxygens (including phenoxy) is 1. The molecule has 114 valence electrons. The number of carbonyl (C=O) groups excluding carboxylic acids is 1. The highest BCUT2D eigenvalue weighted by Gasteiger charge is 2.05. The molecular weight excluding hydrogens is 280 g/mol. The van der Waals surface area contributed by atoms with E-state index >= 15 is 0 Å². The van der Waals surface area contributed by atoms with Crippen LogP contribution in [0.2, 0.25) is 0 Å². The van der Waals surface area contributed by atoms with Crippen molar-refractivity contribution in [1.82, 2.24) is 5.43 Å². The molecule has 0 aliphatic carbocycles. The van der Waals surface area contributed by atoms with Crippen LogP contribution < -0.4 is 10.2 Å². The molecule has 0 heterocycles. The SMILES string of the molecule is CC(C)Oc1ccc(C(=O)N/N=C\c2cccc(O)c2)cc1. The molecule has 0 saturated heterocycles. The van der Waals surface area contributed by atoms with Crippen LogP contribution in [-0.4, -0.2) is 23.3 Å². The van der Waals surface area contributed by atoms with Gasteiger partial charge < -0.3 is 9.84 Å². The highest BCUT2D eigenvalue weighted by Crippen LogP contribution is 2.13. The summed E-state index contributed by atoms with van der Waals surface area (Å²) in [6, 6.07) is 13.4. The van der Waals surface area contributed by atoms with Gasteiger partial charge in [0.15, 0.2) is 0 Å². The monoisotopic (exact) mass is 298 g/mol. The molecule has 0 bridgehead atoms. The summed E-state index contributed by atoms with van der Waals surface area (Å²) in [6.07, 6.45) is 1.56. The molecule has 1 amide bonds. The van der Waals surface area contributed by atoms with Crippen molar-refractivity contribution in [3.8, 4) is 11.5 Å². The van der Waals surface area contributed by atoms with Gasteiger partial charge >= 0.3 is 0 Å². The Balaban J connectivity index is 1.94. The van der Waals surface area contributed by atoms with E-state index in [1.54, 1.807) is 48.5 Å². The number of rotatable bonds is 5. The zero-order valence-electron chi connectivity index (χ0n) is 12.5. The first kappa shape index (κ1) is 15.6. The number of hydrogen-bond acceptors (Lipinski definition) is 4. The van der Waals surface area contributed by atoms with Crippen LogP contribution in [0.15, 0.2) is 53.6 Å². The lowest BCUT2D eigenvalue weighted by atomic mass is 10.2. The van der Waals surface area contributed by atoms with Gasteiger partial charge in [-0.15, -0.1) is 0 Å². The summed E-state index contributed by atoms with van der Waals surface area (Å²) in [4.78, 5) is 11.9. The Kier molecular flexibility index (Phi) is 5.14. The van der Waals surface area contributed by atoms with E-state index in [1.807, 2.05) is 13.8 Å². The van der Waals surface area contributed by atoms with Crippen molar-refractivity contribution in [2.75, 3.05) is 0 Å². The lowest BCUT2D eigenvalue weighted by Gasteiger charge is -2.09. The molecule has 0 fully saturated rings. The van der Waals surface area contributed by atoms with Gasteiger partial charge in [0, 0.05) is 5.56 Å². The quantitative estimate of drug-likeness (QED) is 0.658. The second-order valence-electron chi connectivity index (χ2n) is 4.99. The topological polar surface area (TPSA) is 70.9 Å². The number of nitrogens with zero attached hydrogens (tertiary/aromatic N) is 1. The van der Waals surface area contributed by atoms with Gasteiger partial charge in [-0.05, 0) is 55.8 Å². The molecule has 5 nitrogen and oxygen atoms in total. The van der Waals surface area contributed by atoms with Crippen LogP contribution in [0.5, 0.6) is 11.5 Å². The average molecular weight is 298 g/mol. The van der Waals surface area contributed by atoms with Crippen molar-refractivity contribution in [3.05, 3.63) is 59.7 Å². The van der Waals surface area contributed by atoms with E-state index in [0.717, 1.165) is 5.75 Å². The van der Waals surface area contributed by atoms with Gasteiger partial charge in [0.05, 0.1) is 12.3 Å². The number of nitrogens with one attached hydrogen (secondary N) is 1. The number of carbonyl (C=O) groups is 1. The Bertz CT molecular complexity index is 664. The van der Waals surface area contributed by atoms with E-state index in [2.05, 4.69) is 10.5 Å². The maximum absolute atomic E-state index is 11.9. The first-order chi connectivity index (χ1) is 10.5. The molecule has 22 heavy (non-hydrogen) atoms. The van der Waals surface area contributed by atoms with Gasteiger partial charge in [-0.25, -0.2) is 5.43 Å². The zero-order valence-corrected chi connectivity index (χ0v) is 12.5. The molecule has 0 atom stereocenters. The highest BCUT2D eigenvalue weighted by molar-refractivity contribution is 5.95. The molecule has 0 aliphatic heterocycles. The third-order valence-electron chi connectivity index (χ3n) is 2.74. The molecule has 0 spiro atoms. The summed E-state index contributed by atoms with van der Waals surface area (Å²) in [7, 11) is 0. The van der Waals surface area contributed by atoms with Gasteiger partial charge in [0.1, 0.15) is 11.5 Å². The van der Waals surface area contributed by atoms with Crippen molar-refractivity contribution in [2.45, 2.75) is 20.0 Å². The molecule has 0 aliphatic rings. The summed E-state index contributed by atoms with van der Waals surface area (Å²) in [5.74, 6) is 0.554. The summed E-state index contributed by atoms with van der Waals surface area (Å²) in [5, 5.41) is 13.2. The lowest BCUT2D eigenvalue weighted by molar-refractivity contribution is 0.0955. The molecule has 2 N–H and O–H groups in total. The first-order valence-corrected chi connectivity index (χ1v) is 6.94. The molecule has 2 rings (SSSR count). The summed E-state index contributed by atoms with van der Waals surface area (Å²) < 4.78 is 5.51. The lowest BCUT2D eigenvalue weighted by Crippen LogP contribution is -2.17. The maximum Gasteiger partial charge on any atom is 0.271 e. The van der Waals surface area contributed by atoms with E-state index in [-0.39, 0.29) is 17.8 Å². The van der Waals surface area contributed by atoms with Crippen LogP contribution in [0.3, 0.4) is 0 Å². The number of hydrogen-bond donors (Lipinski definition) is 2. The van der Waals surface area contributed by atoms with Crippen LogP contribution in [-0.2, 0) is 0 Å². The molecule has 0 unspecified atom stereocenters. The Hall–Kier alpha value is -2.82. The third-order valence-corrected chi connectivity index (χ3v) is 2.74. The second-order valence-corrected chi connectivity index (χ2v) is 4.99. The third kappa shape index (κ3) is 4.63. The Morgan fingerprint density at radius 1 is 1.23 bits per heavy atom. The number of amides is 1. The van der Waals surface area contributed by atoms with Crippen LogP contribution in [0.4, 0.5) is 0 Å². The predicted molar refractivity (Wildman–Crippen MR) is 85.4 cm³/mol. The fourth-order valence-corrected chi connectivity index (χ4v) is 1.79. The molecule has 0 radical (unpaired) electrons. The molecule has 0 saturated carbocycles. The fraction of sp³-hybridized carbons (Fsp3) is 0.176. The Labute approximate surface area is 129 Å². The molecule has 2 aromatic rings. The molecule has 2 aromatic carbocycles. The average Bonchev–Trinajstić information content (AvgIpc) is 2.47. The van der Waals surface area contributed by atoms with E-state index in [1.165, 1.54) is 6.21 Å². The zero-order chi connectivity index (χ0) is 15.9. The summed E-state index contributed by atoms with van der Waals surface area (Å²) in [5.41, 5.74) is 3.62. The van der Waals surface area contributed by atoms with E-state index in [0.29, 0.717) is 11.1 Å². The minimum Gasteiger partial charge on any atom is -0.508 e. The van der Waals surface area contributed by atoms with E-state index in [4.69, 9.17) is 4.74 Å². The standard InChI is InChI=1S/C17H18N2O3/c1-12(2)22-16-8-6-14(7-9-16)17(21)19-18-11-13-4-3-5-15(20)10-13/h3-12,20H,1-2H3,(H,19,21)/b18-11-. The minimum absolute atomic E-state index is 0.0894. The van der Waals surface area contributed by atoms with Crippen molar-refractivity contribution < 1.29 is 14.6 Å². The second kappa shape index (κ2) is 7.26. The van der Waals surface area contributed by atoms with Gasteiger partial charge in [0.2, 0.25) is 0 Å². The van der Waals surface area contributed by atoms with Gasteiger partial charge in [-0.1, -0.05) is 12.1 Å². The first-order valence-electron chi connectivity index (χ1n) is 6.94. The van der Waals surface area contributed by atoms with Crippen molar-refractivity contribution in [1.29, 1.82) is 0 Å². The smallest absolute Gasteiger partial charge is 0.271 e. The summed E-state index contributed by atoms with van der Waals surface area (Å²) >= 11 is 0. The van der Waals surface area contributed by atoms with Crippen molar-refractivity contribution in [2.24, 2.45) is 5.10 Å². The van der Waals surface area contributed by atoms with Crippen LogP contribution >= 0.6 is 0 Å². The molecular formula is C17H18N2O3. The van der Waals surface area contributed by atoms with Crippen LogP contribution in [0.25, 0.3) is 0 Å². The van der Waals surface area contributed by atoms with Gasteiger partial charge in [-0.3, -0.25) is 4.79 Å². The fourth-order valence-electron chi connectivity index (χ4n) is 1.79. The van der Waals surface area contributed by atoms with Crippen LogP contribution in [0.1, 0.15) is 29.8 Å². The molecule has 5 heteroatoms. The Morgan fingerprint density at radius 2 is 1.95 bits per heavy atom. The maximum atomic E-state index is 11.9. The minimum atomic E-state index is -0.312. The van der Waals surface area contributed by atoms with Crippen LogP contribution in [0, 0.1) is 0 Å². The number of benzene rings is 2. The van der Waals surface area contributed by atoms with Gasteiger partial charge in [-0.2, -0.15) is 5.10 Å². The predicted octanol–water partition coefficient (Wildman–Crippen LogP) is 2.94. The number of phenols is 1.